The second kappa shape index (κ2) is 3.79. The van der Waals surface area contributed by atoms with E-state index in [1.54, 1.807) is 0 Å². The van der Waals surface area contributed by atoms with Crippen molar-refractivity contribution in [2.75, 3.05) is 0 Å². The normalized spacial score (nSPS) is 7.50. The molecule has 0 saturated carbocycles. The van der Waals surface area contributed by atoms with Crippen LogP contribution in [0.1, 0.15) is 6.92 Å². The van der Waals surface area contributed by atoms with E-state index >= 15 is 0 Å². The van der Waals surface area contributed by atoms with Gasteiger partial charge in [0.25, 0.3) is 0 Å². The van der Waals surface area contributed by atoms with Crippen LogP contribution in [0.3, 0.4) is 0 Å². The Balaban J connectivity index is 1.97. The van der Waals surface area contributed by atoms with E-state index in [1.807, 2.05) is 0 Å². The van der Waals surface area contributed by atoms with Gasteiger partial charge in [0.15, 0.2) is 0 Å². The summed E-state index contributed by atoms with van der Waals surface area (Å²) in [5.74, 6) is 0. The molecule has 0 spiro atoms. The van der Waals surface area contributed by atoms with Crippen molar-refractivity contribution >= 4 is 20.9 Å². The monoisotopic (exact) mass is 174 g/mol. The predicted molar refractivity (Wildman–Crippen MR) is 22.1 cm³/mol. The van der Waals surface area contributed by atoms with Gasteiger partial charge in [-0.25, -0.2) is 0 Å². The van der Waals surface area contributed by atoms with Crippen molar-refractivity contribution in [3.63, 3.8) is 0 Å². The molecular formula is C3H8Te. The van der Waals surface area contributed by atoms with Crippen LogP contribution in [0, 0.1) is 0 Å². The maximum atomic E-state index is 2.31. The summed E-state index contributed by atoms with van der Waals surface area (Å²) in [6, 6.07) is 0. The summed E-state index contributed by atoms with van der Waals surface area (Å²) in [7, 11) is 0. The van der Waals surface area contributed by atoms with Gasteiger partial charge in [-0.2, -0.15) is 0 Å². The standard InChI is InChI=1S/C3H8Te/c1-3-4-2/h3H2,1-2H3. The molecule has 0 saturated heterocycles. The molecule has 0 N–H and O–H groups in total. The third-order valence-corrected chi connectivity index (χ3v) is 1.94. The van der Waals surface area contributed by atoms with Gasteiger partial charge >= 0.3 is 37.3 Å². The third kappa shape index (κ3) is 2.79. The minimum atomic E-state index is 0.482. The molecule has 0 nitrogen and oxygen atoms in total. The second-order valence-corrected chi connectivity index (χ2v) is 3.87. The Hall–Kier alpha value is 0.790. The van der Waals surface area contributed by atoms with Crippen LogP contribution in [-0.2, 0) is 0 Å². The fourth-order valence-electron chi connectivity index (χ4n) is 0. The number of hydrogen-bond donors (Lipinski definition) is 0. The summed E-state index contributed by atoms with van der Waals surface area (Å²) in [6.45, 7) is 2.24. The minimum absolute atomic E-state index is 0.482. The van der Waals surface area contributed by atoms with E-state index in [0.29, 0.717) is 20.9 Å². The molecule has 0 amide bonds. The van der Waals surface area contributed by atoms with E-state index in [2.05, 4.69) is 11.9 Å². The van der Waals surface area contributed by atoms with Crippen LogP contribution in [0.25, 0.3) is 0 Å². The molecule has 0 unspecified atom stereocenters. The summed E-state index contributed by atoms with van der Waals surface area (Å²) in [5.41, 5.74) is 0. The molecule has 4 heavy (non-hydrogen) atoms. The van der Waals surface area contributed by atoms with E-state index in [0.717, 1.165) is 0 Å². The molecule has 0 aliphatic carbocycles. The molecule has 0 aromatic rings. The van der Waals surface area contributed by atoms with Gasteiger partial charge in [-0.1, -0.05) is 0 Å². The van der Waals surface area contributed by atoms with Crippen molar-refractivity contribution in [1.82, 2.24) is 0 Å². The van der Waals surface area contributed by atoms with E-state index in [9.17, 15) is 0 Å². The topological polar surface area (TPSA) is 0 Å². The maximum absolute atomic E-state index is 2.31. The SMILES string of the molecule is CC[Te]C. The third-order valence-electron chi connectivity index (χ3n) is 0.289. The van der Waals surface area contributed by atoms with E-state index in [4.69, 9.17) is 0 Å². The molecule has 0 fully saturated rings. The van der Waals surface area contributed by atoms with Crippen LogP contribution >= 0.6 is 0 Å². The fraction of sp³-hybridized carbons (Fsp3) is 1.00. The molecule has 0 bridgehead atoms. The van der Waals surface area contributed by atoms with Crippen molar-refractivity contribution in [2.24, 2.45) is 0 Å². The van der Waals surface area contributed by atoms with Gasteiger partial charge in [-0.3, -0.25) is 0 Å². The van der Waals surface area contributed by atoms with Crippen LogP contribution < -0.4 is 0 Å². The van der Waals surface area contributed by atoms with Crippen molar-refractivity contribution < 1.29 is 0 Å². The number of rotatable bonds is 1. The van der Waals surface area contributed by atoms with Gasteiger partial charge in [0.05, 0.1) is 0 Å². The summed E-state index contributed by atoms with van der Waals surface area (Å²) in [6.07, 6.45) is 0. The van der Waals surface area contributed by atoms with Crippen molar-refractivity contribution in [3.8, 4) is 0 Å². The first-order valence-corrected chi connectivity index (χ1v) is 5.38. The van der Waals surface area contributed by atoms with Gasteiger partial charge in [-0.15, -0.1) is 0 Å². The van der Waals surface area contributed by atoms with Crippen molar-refractivity contribution in [2.45, 2.75) is 16.4 Å². The summed E-state index contributed by atoms with van der Waals surface area (Å²) in [4.78, 5) is 2.31. The van der Waals surface area contributed by atoms with Crippen molar-refractivity contribution in [1.29, 1.82) is 0 Å². The summed E-state index contributed by atoms with van der Waals surface area (Å²) >= 11 is 0.482. The zero-order chi connectivity index (χ0) is 3.41. The first kappa shape index (κ1) is 4.79. The second-order valence-electron chi connectivity index (χ2n) is 0.577. The summed E-state index contributed by atoms with van der Waals surface area (Å²) in [5, 5.41) is 0. The average Bonchev–Trinajstić information content (AvgIpc) is 1.37. The van der Waals surface area contributed by atoms with E-state index in [1.165, 1.54) is 4.47 Å². The molecule has 1 heteroatoms. The van der Waals surface area contributed by atoms with Gasteiger partial charge in [-0.05, 0) is 0 Å². The number of hydrogen-bond acceptors (Lipinski definition) is 0. The molecule has 0 heterocycles. The molecule has 0 aliphatic rings. The Morgan fingerprint density at radius 2 is 2.00 bits per heavy atom. The Bertz CT molecular complexity index is 5.25. The Morgan fingerprint density at radius 1 is 1.75 bits per heavy atom. The van der Waals surface area contributed by atoms with Gasteiger partial charge in [0, 0.05) is 0 Å². The zero-order valence-electron chi connectivity index (χ0n) is 3.12. The Labute approximate surface area is 37.7 Å². The average molecular weight is 172 g/mol. The van der Waals surface area contributed by atoms with E-state index < -0.39 is 0 Å². The molecular weight excluding hydrogens is 164 g/mol. The summed E-state index contributed by atoms with van der Waals surface area (Å²) < 4.78 is 1.45. The molecule has 0 radical (unpaired) electrons. The molecule has 0 aromatic carbocycles. The molecule has 0 rings (SSSR count). The van der Waals surface area contributed by atoms with Crippen LogP contribution in [0.4, 0.5) is 0 Å². The van der Waals surface area contributed by atoms with Crippen LogP contribution in [0.15, 0.2) is 0 Å². The van der Waals surface area contributed by atoms with E-state index in [-0.39, 0.29) is 0 Å². The first-order valence-electron chi connectivity index (χ1n) is 1.40. The molecule has 0 atom stereocenters. The fourth-order valence-corrected chi connectivity index (χ4v) is 0. The Morgan fingerprint density at radius 3 is 2.00 bits per heavy atom. The molecule has 26 valence electrons. The first-order chi connectivity index (χ1) is 1.91. The van der Waals surface area contributed by atoms with Crippen LogP contribution in [0.5, 0.6) is 0 Å². The molecule has 0 aliphatic heterocycles. The van der Waals surface area contributed by atoms with Crippen LogP contribution in [0.2, 0.25) is 9.44 Å². The predicted octanol–water partition coefficient (Wildman–Crippen LogP) is 1.18. The van der Waals surface area contributed by atoms with Crippen molar-refractivity contribution in [3.05, 3.63) is 0 Å². The van der Waals surface area contributed by atoms with Gasteiger partial charge in [0.2, 0.25) is 0 Å². The quantitative estimate of drug-likeness (QED) is 0.520. The van der Waals surface area contributed by atoms with Gasteiger partial charge < -0.3 is 0 Å². The van der Waals surface area contributed by atoms with Crippen LogP contribution in [-0.4, -0.2) is 20.9 Å². The zero-order valence-corrected chi connectivity index (χ0v) is 5.45. The molecule has 0 aromatic heterocycles. The Kier molecular flexibility index (Phi) is 4.54. The van der Waals surface area contributed by atoms with Gasteiger partial charge in [0.1, 0.15) is 0 Å².